The van der Waals surface area contributed by atoms with Gasteiger partial charge < -0.3 is 13.9 Å². The molecule has 1 aromatic heterocycles. The monoisotopic (exact) mass is 233 g/mol. The van der Waals surface area contributed by atoms with Gasteiger partial charge in [-0.1, -0.05) is 6.07 Å². The van der Waals surface area contributed by atoms with Crippen molar-refractivity contribution in [2.45, 2.75) is 0 Å². The smallest absolute Gasteiger partial charge is 0.341 e. The van der Waals surface area contributed by atoms with Crippen molar-refractivity contribution >= 4 is 5.97 Å². The molecule has 0 aliphatic carbocycles. The van der Waals surface area contributed by atoms with Gasteiger partial charge in [-0.2, -0.15) is 0 Å². The summed E-state index contributed by atoms with van der Waals surface area (Å²) >= 11 is 0. The number of nitrogens with zero attached hydrogens (tertiary/aromatic N) is 1. The van der Waals surface area contributed by atoms with E-state index in [1.807, 2.05) is 0 Å². The van der Waals surface area contributed by atoms with Gasteiger partial charge in [0, 0.05) is 0 Å². The molecule has 1 aromatic carbocycles. The van der Waals surface area contributed by atoms with Crippen LogP contribution in [0.2, 0.25) is 0 Å². The van der Waals surface area contributed by atoms with Gasteiger partial charge in [-0.25, -0.2) is 9.78 Å². The number of esters is 1. The standard InChI is InChI=1S/C12H11NO4/c1-15-11-8(10-6-13-7-17-10)4-3-5-9(11)12(14)16-2/h3-7H,1-2H3. The average Bonchev–Trinajstić information content (AvgIpc) is 2.90. The summed E-state index contributed by atoms with van der Waals surface area (Å²) < 4.78 is 15.1. The van der Waals surface area contributed by atoms with Crippen molar-refractivity contribution < 1.29 is 18.7 Å². The summed E-state index contributed by atoms with van der Waals surface area (Å²) in [6.07, 6.45) is 2.87. The first kappa shape index (κ1) is 11.2. The number of benzene rings is 1. The average molecular weight is 233 g/mol. The van der Waals surface area contributed by atoms with Crippen LogP contribution < -0.4 is 4.74 Å². The highest BCUT2D eigenvalue weighted by Crippen LogP contribution is 2.33. The summed E-state index contributed by atoms with van der Waals surface area (Å²) in [6.45, 7) is 0. The van der Waals surface area contributed by atoms with Gasteiger partial charge >= 0.3 is 5.97 Å². The predicted octanol–water partition coefficient (Wildman–Crippen LogP) is 2.14. The van der Waals surface area contributed by atoms with Crippen molar-refractivity contribution in [2.24, 2.45) is 0 Å². The molecule has 0 bridgehead atoms. The van der Waals surface area contributed by atoms with E-state index >= 15 is 0 Å². The number of aromatic nitrogens is 1. The normalized spacial score (nSPS) is 10.0. The first-order valence-electron chi connectivity index (χ1n) is 4.92. The van der Waals surface area contributed by atoms with Gasteiger partial charge in [-0.15, -0.1) is 0 Å². The van der Waals surface area contributed by atoms with Crippen molar-refractivity contribution in [3.8, 4) is 17.1 Å². The summed E-state index contributed by atoms with van der Waals surface area (Å²) in [5, 5.41) is 0. The molecule has 17 heavy (non-hydrogen) atoms. The third kappa shape index (κ3) is 1.99. The van der Waals surface area contributed by atoms with Gasteiger partial charge in [-0.05, 0) is 12.1 Å². The minimum absolute atomic E-state index is 0.351. The van der Waals surface area contributed by atoms with Crippen molar-refractivity contribution in [2.75, 3.05) is 14.2 Å². The maximum Gasteiger partial charge on any atom is 0.341 e. The highest BCUT2D eigenvalue weighted by atomic mass is 16.5. The molecule has 5 heteroatoms. The predicted molar refractivity (Wildman–Crippen MR) is 59.8 cm³/mol. The van der Waals surface area contributed by atoms with Gasteiger partial charge in [0.15, 0.2) is 12.2 Å². The lowest BCUT2D eigenvalue weighted by Gasteiger charge is -2.10. The van der Waals surface area contributed by atoms with E-state index in [9.17, 15) is 4.79 Å². The fourth-order valence-electron chi connectivity index (χ4n) is 1.57. The van der Waals surface area contributed by atoms with E-state index in [0.717, 1.165) is 0 Å². The van der Waals surface area contributed by atoms with Gasteiger partial charge in [-0.3, -0.25) is 0 Å². The van der Waals surface area contributed by atoms with Crippen molar-refractivity contribution in [3.05, 3.63) is 36.4 Å². The first-order valence-corrected chi connectivity index (χ1v) is 4.92. The van der Waals surface area contributed by atoms with Crippen LogP contribution in [0.3, 0.4) is 0 Å². The molecule has 0 saturated carbocycles. The minimum atomic E-state index is -0.455. The Morgan fingerprint density at radius 3 is 2.76 bits per heavy atom. The molecule has 0 fully saturated rings. The van der Waals surface area contributed by atoms with Crippen molar-refractivity contribution in [1.29, 1.82) is 0 Å². The highest BCUT2D eigenvalue weighted by Gasteiger charge is 2.18. The zero-order valence-electron chi connectivity index (χ0n) is 9.47. The summed E-state index contributed by atoms with van der Waals surface area (Å²) in [4.78, 5) is 15.4. The number of carbonyl (C=O) groups is 1. The van der Waals surface area contributed by atoms with Crippen LogP contribution in [0, 0.1) is 0 Å². The van der Waals surface area contributed by atoms with Crippen LogP contribution >= 0.6 is 0 Å². The number of hydrogen-bond donors (Lipinski definition) is 0. The molecule has 0 radical (unpaired) electrons. The molecule has 0 aliphatic heterocycles. The quantitative estimate of drug-likeness (QED) is 0.760. The number of carbonyl (C=O) groups excluding carboxylic acids is 1. The van der Waals surface area contributed by atoms with Gasteiger partial charge in [0.25, 0.3) is 0 Å². The zero-order chi connectivity index (χ0) is 12.3. The zero-order valence-corrected chi connectivity index (χ0v) is 9.47. The van der Waals surface area contributed by atoms with Crippen molar-refractivity contribution in [1.82, 2.24) is 4.98 Å². The van der Waals surface area contributed by atoms with Crippen molar-refractivity contribution in [3.63, 3.8) is 0 Å². The Balaban J connectivity index is 2.58. The van der Waals surface area contributed by atoms with E-state index < -0.39 is 5.97 Å². The molecule has 2 aromatic rings. The van der Waals surface area contributed by atoms with Gasteiger partial charge in [0.1, 0.15) is 11.3 Å². The van der Waals surface area contributed by atoms with Crippen LogP contribution in [0.4, 0.5) is 0 Å². The third-order valence-electron chi connectivity index (χ3n) is 2.32. The SMILES string of the molecule is COC(=O)c1cccc(-c2cnco2)c1OC. The molecule has 0 saturated heterocycles. The second-order valence-corrected chi connectivity index (χ2v) is 3.24. The molecule has 2 rings (SSSR count). The minimum Gasteiger partial charge on any atom is -0.495 e. The van der Waals surface area contributed by atoms with Crippen LogP contribution in [0.25, 0.3) is 11.3 Å². The maximum absolute atomic E-state index is 11.6. The van der Waals surface area contributed by atoms with Gasteiger partial charge in [0.2, 0.25) is 0 Å². The first-order chi connectivity index (χ1) is 8.27. The van der Waals surface area contributed by atoms with E-state index in [4.69, 9.17) is 9.15 Å². The number of ether oxygens (including phenoxy) is 2. The molecular formula is C12H11NO4. The molecule has 1 heterocycles. The number of hydrogen-bond acceptors (Lipinski definition) is 5. The topological polar surface area (TPSA) is 61.6 Å². The van der Waals surface area contributed by atoms with E-state index in [-0.39, 0.29) is 0 Å². The number of methoxy groups -OCH3 is 2. The van der Waals surface area contributed by atoms with E-state index in [0.29, 0.717) is 22.6 Å². The Hall–Kier alpha value is -2.30. The molecule has 0 aliphatic rings. The molecule has 88 valence electrons. The summed E-state index contributed by atoms with van der Waals surface area (Å²) in [6, 6.07) is 5.14. The fraction of sp³-hybridized carbons (Fsp3) is 0.167. The lowest BCUT2D eigenvalue weighted by molar-refractivity contribution is 0.0597. The van der Waals surface area contributed by atoms with Crippen LogP contribution in [0.1, 0.15) is 10.4 Å². The molecule has 0 N–H and O–H groups in total. The molecule has 0 spiro atoms. The van der Waals surface area contributed by atoms with Crippen LogP contribution in [-0.2, 0) is 4.74 Å². The van der Waals surface area contributed by atoms with E-state index in [2.05, 4.69) is 9.72 Å². The number of rotatable bonds is 3. The van der Waals surface area contributed by atoms with Crippen LogP contribution in [-0.4, -0.2) is 25.2 Å². The summed E-state index contributed by atoms with van der Waals surface area (Å²) in [5.74, 6) is 0.493. The Morgan fingerprint density at radius 1 is 1.35 bits per heavy atom. The Morgan fingerprint density at radius 2 is 2.18 bits per heavy atom. The lowest BCUT2D eigenvalue weighted by Crippen LogP contribution is -2.04. The highest BCUT2D eigenvalue weighted by molar-refractivity contribution is 5.95. The molecule has 0 unspecified atom stereocenters. The molecule has 0 amide bonds. The third-order valence-corrected chi connectivity index (χ3v) is 2.32. The van der Waals surface area contributed by atoms with E-state index in [1.165, 1.54) is 20.6 Å². The second-order valence-electron chi connectivity index (χ2n) is 3.24. The second kappa shape index (κ2) is 4.69. The van der Waals surface area contributed by atoms with Crippen LogP contribution in [0.5, 0.6) is 5.75 Å². The Labute approximate surface area is 98.0 Å². The maximum atomic E-state index is 11.6. The lowest BCUT2D eigenvalue weighted by atomic mass is 10.1. The van der Waals surface area contributed by atoms with Gasteiger partial charge in [0.05, 0.1) is 26.0 Å². The summed E-state index contributed by atoms with van der Waals surface area (Å²) in [7, 11) is 2.81. The summed E-state index contributed by atoms with van der Waals surface area (Å²) in [5.41, 5.74) is 1.01. The van der Waals surface area contributed by atoms with Crippen LogP contribution in [0.15, 0.2) is 35.2 Å². The molecule has 5 nitrogen and oxygen atoms in total. The number of oxazole rings is 1. The largest absolute Gasteiger partial charge is 0.495 e. The Kier molecular flexibility index (Phi) is 3.09. The number of para-hydroxylation sites is 1. The fourth-order valence-corrected chi connectivity index (χ4v) is 1.57. The van der Waals surface area contributed by atoms with E-state index in [1.54, 1.807) is 24.4 Å². The Bertz CT molecular complexity index is 519. The molecule has 0 atom stereocenters. The molecular weight excluding hydrogens is 222 g/mol.